The van der Waals surface area contributed by atoms with Crippen molar-refractivity contribution in [1.29, 1.82) is 0 Å². The summed E-state index contributed by atoms with van der Waals surface area (Å²) in [5, 5.41) is 4.49. The van der Waals surface area contributed by atoms with E-state index in [4.69, 9.17) is 11.6 Å². The lowest BCUT2D eigenvalue weighted by molar-refractivity contribution is 0.393. The first kappa shape index (κ1) is 17.5. The summed E-state index contributed by atoms with van der Waals surface area (Å²) in [5.41, 5.74) is 1.29. The van der Waals surface area contributed by atoms with Crippen LogP contribution < -0.4 is 5.32 Å². The summed E-state index contributed by atoms with van der Waals surface area (Å²) < 4.78 is 0. The number of nitrogens with one attached hydrogen (secondary N) is 1. The second-order valence-electron chi connectivity index (χ2n) is 6.55. The van der Waals surface area contributed by atoms with E-state index in [1.807, 2.05) is 12.1 Å². The van der Waals surface area contributed by atoms with Gasteiger partial charge in [-0.3, -0.25) is 0 Å². The molecule has 1 unspecified atom stereocenters. The fraction of sp³-hybridized carbons (Fsp3) is 0.667. The minimum atomic E-state index is 0.550. The summed E-state index contributed by atoms with van der Waals surface area (Å²) in [6.07, 6.45) is 4.99. The summed E-state index contributed by atoms with van der Waals surface area (Å²) in [4.78, 5) is 0. The van der Waals surface area contributed by atoms with Crippen LogP contribution in [0.4, 0.5) is 0 Å². The third-order valence-electron chi connectivity index (χ3n) is 3.68. The zero-order valence-corrected chi connectivity index (χ0v) is 14.2. The molecule has 1 aromatic rings. The summed E-state index contributed by atoms with van der Waals surface area (Å²) in [7, 11) is 0. The van der Waals surface area contributed by atoms with E-state index in [0.29, 0.717) is 12.0 Å². The monoisotopic (exact) mass is 295 g/mol. The van der Waals surface area contributed by atoms with Gasteiger partial charge >= 0.3 is 0 Å². The van der Waals surface area contributed by atoms with Crippen molar-refractivity contribution in [3.8, 4) is 0 Å². The molecular formula is C18H30ClN. The van der Waals surface area contributed by atoms with Crippen LogP contribution in [0.15, 0.2) is 24.3 Å². The van der Waals surface area contributed by atoms with Crippen LogP contribution in [0.1, 0.15) is 52.5 Å². The quantitative estimate of drug-likeness (QED) is 0.650. The zero-order valence-electron chi connectivity index (χ0n) is 13.5. The number of rotatable bonds is 9. The molecule has 0 aromatic heterocycles. The molecule has 0 spiro atoms. The maximum absolute atomic E-state index is 6.30. The Labute approximate surface area is 130 Å². The standard InChI is InChI=1S/C18H30ClN/c1-14(2)8-7-9-16(13-20-15(3)4)12-17-10-5-6-11-18(17)19/h5-6,10-11,14-16,20H,7-9,12-13H2,1-4H3. The molecule has 1 nitrogen and oxygen atoms in total. The molecule has 1 N–H and O–H groups in total. The van der Waals surface area contributed by atoms with E-state index in [0.717, 1.165) is 23.9 Å². The Morgan fingerprint density at radius 2 is 1.75 bits per heavy atom. The van der Waals surface area contributed by atoms with E-state index in [9.17, 15) is 0 Å². The van der Waals surface area contributed by atoms with E-state index < -0.39 is 0 Å². The minimum absolute atomic E-state index is 0.550. The second kappa shape index (κ2) is 9.41. The van der Waals surface area contributed by atoms with Crippen molar-refractivity contribution in [2.24, 2.45) is 11.8 Å². The Morgan fingerprint density at radius 1 is 1.05 bits per heavy atom. The molecule has 0 aliphatic carbocycles. The highest BCUT2D eigenvalue weighted by atomic mass is 35.5. The van der Waals surface area contributed by atoms with Crippen LogP contribution in [0.3, 0.4) is 0 Å². The summed E-state index contributed by atoms with van der Waals surface area (Å²) in [5.74, 6) is 1.48. The zero-order chi connectivity index (χ0) is 15.0. The van der Waals surface area contributed by atoms with Gasteiger partial charge in [-0.25, -0.2) is 0 Å². The highest BCUT2D eigenvalue weighted by Gasteiger charge is 2.12. The van der Waals surface area contributed by atoms with Gasteiger partial charge in [0.25, 0.3) is 0 Å². The molecule has 20 heavy (non-hydrogen) atoms. The largest absolute Gasteiger partial charge is 0.314 e. The van der Waals surface area contributed by atoms with E-state index in [-0.39, 0.29) is 0 Å². The average molecular weight is 296 g/mol. The third-order valence-corrected chi connectivity index (χ3v) is 4.04. The Hall–Kier alpha value is -0.530. The molecule has 0 saturated carbocycles. The van der Waals surface area contributed by atoms with Crippen molar-refractivity contribution in [1.82, 2.24) is 5.32 Å². The SMILES string of the molecule is CC(C)CCCC(CNC(C)C)Cc1ccccc1Cl. The average Bonchev–Trinajstić information content (AvgIpc) is 2.37. The first-order valence-corrected chi connectivity index (χ1v) is 8.33. The second-order valence-corrected chi connectivity index (χ2v) is 6.96. The van der Waals surface area contributed by atoms with Crippen molar-refractivity contribution in [2.75, 3.05) is 6.54 Å². The van der Waals surface area contributed by atoms with Crippen molar-refractivity contribution >= 4 is 11.6 Å². The molecule has 0 bridgehead atoms. The van der Waals surface area contributed by atoms with Gasteiger partial charge in [0.2, 0.25) is 0 Å². The molecule has 0 fully saturated rings. The van der Waals surface area contributed by atoms with Crippen LogP contribution in [0.2, 0.25) is 5.02 Å². The van der Waals surface area contributed by atoms with Crippen LogP contribution in [0, 0.1) is 11.8 Å². The fourth-order valence-electron chi connectivity index (χ4n) is 2.47. The van der Waals surface area contributed by atoms with Gasteiger partial charge in [0.05, 0.1) is 0 Å². The number of halogens is 1. The lowest BCUT2D eigenvalue weighted by atomic mass is 9.92. The first-order chi connectivity index (χ1) is 9.49. The Morgan fingerprint density at radius 3 is 2.35 bits per heavy atom. The maximum Gasteiger partial charge on any atom is 0.0438 e. The molecule has 1 rings (SSSR count). The van der Waals surface area contributed by atoms with Crippen LogP contribution in [0.25, 0.3) is 0 Å². The molecule has 1 atom stereocenters. The van der Waals surface area contributed by atoms with Gasteiger partial charge in [0.15, 0.2) is 0 Å². The van der Waals surface area contributed by atoms with Gasteiger partial charge in [-0.05, 0) is 42.9 Å². The number of hydrogen-bond donors (Lipinski definition) is 1. The number of hydrogen-bond acceptors (Lipinski definition) is 1. The van der Waals surface area contributed by atoms with Gasteiger partial charge in [0.1, 0.15) is 0 Å². The Kier molecular flexibility index (Phi) is 8.25. The molecule has 0 aliphatic rings. The highest BCUT2D eigenvalue weighted by molar-refractivity contribution is 6.31. The van der Waals surface area contributed by atoms with E-state index >= 15 is 0 Å². The molecule has 0 amide bonds. The lowest BCUT2D eigenvalue weighted by Gasteiger charge is -2.20. The van der Waals surface area contributed by atoms with Crippen molar-refractivity contribution in [3.63, 3.8) is 0 Å². The number of benzene rings is 1. The maximum atomic E-state index is 6.30. The molecule has 0 heterocycles. The third kappa shape index (κ3) is 7.31. The molecule has 1 aromatic carbocycles. The fourth-order valence-corrected chi connectivity index (χ4v) is 2.68. The Balaban J connectivity index is 2.54. The van der Waals surface area contributed by atoms with Crippen LogP contribution in [0.5, 0.6) is 0 Å². The predicted molar refractivity (Wildman–Crippen MR) is 90.5 cm³/mol. The van der Waals surface area contributed by atoms with Gasteiger partial charge in [-0.15, -0.1) is 0 Å². The molecular weight excluding hydrogens is 266 g/mol. The Bertz CT molecular complexity index is 373. The van der Waals surface area contributed by atoms with Crippen molar-refractivity contribution < 1.29 is 0 Å². The smallest absolute Gasteiger partial charge is 0.0438 e. The van der Waals surface area contributed by atoms with E-state index in [2.05, 4.69) is 45.1 Å². The normalized spacial score (nSPS) is 13.2. The molecule has 2 heteroatoms. The van der Waals surface area contributed by atoms with Gasteiger partial charge in [-0.1, -0.05) is 70.3 Å². The summed E-state index contributed by atoms with van der Waals surface area (Å²) in [6, 6.07) is 8.80. The van der Waals surface area contributed by atoms with Gasteiger partial charge in [0, 0.05) is 11.1 Å². The molecule has 0 saturated heterocycles. The van der Waals surface area contributed by atoms with Crippen LogP contribution in [-0.2, 0) is 6.42 Å². The van der Waals surface area contributed by atoms with E-state index in [1.54, 1.807) is 0 Å². The summed E-state index contributed by atoms with van der Waals surface area (Å²) >= 11 is 6.30. The van der Waals surface area contributed by atoms with Gasteiger partial charge < -0.3 is 5.32 Å². The molecule has 114 valence electrons. The predicted octanol–water partition coefficient (Wildman–Crippen LogP) is 5.32. The molecule has 0 aliphatic heterocycles. The van der Waals surface area contributed by atoms with Crippen molar-refractivity contribution in [2.45, 2.75) is 59.4 Å². The van der Waals surface area contributed by atoms with Crippen LogP contribution in [-0.4, -0.2) is 12.6 Å². The molecule has 0 radical (unpaired) electrons. The highest BCUT2D eigenvalue weighted by Crippen LogP contribution is 2.22. The van der Waals surface area contributed by atoms with Crippen LogP contribution >= 0.6 is 11.6 Å². The van der Waals surface area contributed by atoms with Crippen molar-refractivity contribution in [3.05, 3.63) is 34.9 Å². The summed E-state index contributed by atoms with van der Waals surface area (Å²) in [6.45, 7) is 10.1. The lowest BCUT2D eigenvalue weighted by Crippen LogP contribution is -2.30. The minimum Gasteiger partial charge on any atom is -0.314 e. The van der Waals surface area contributed by atoms with Gasteiger partial charge in [-0.2, -0.15) is 0 Å². The van der Waals surface area contributed by atoms with E-state index in [1.165, 1.54) is 24.8 Å². The first-order valence-electron chi connectivity index (χ1n) is 7.95. The topological polar surface area (TPSA) is 12.0 Å².